The van der Waals surface area contributed by atoms with Crippen molar-refractivity contribution < 1.29 is 4.79 Å². The summed E-state index contributed by atoms with van der Waals surface area (Å²) in [7, 11) is 0. The van der Waals surface area contributed by atoms with Crippen LogP contribution in [0.1, 0.15) is 29.3 Å². The maximum Gasteiger partial charge on any atom is 0.253 e. The third-order valence-electron chi connectivity index (χ3n) is 4.76. The Labute approximate surface area is 139 Å². The Bertz CT molecular complexity index is 477. The first-order valence-electron chi connectivity index (χ1n) is 8.11. The van der Waals surface area contributed by atoms with Crippen LogP contribution in [0, 0.1) is 0 Å². The standard InChI is InChI=1S/C17H25N3O.ClH/c1-2-14-3-5-15(6-4-14)17(21)20-11-9-19(10-12-20)16-7-8-18-13-16;/h3-6,16,18H,2,7-13H2,1H3;1H. The van der Waals surface area contributed by atoms with Crippen molar-refractivity contribution in [2.75, 3.05) is 39.3 Å². The van der Waals surface area contributed by atoms with Gasteiger partial charge in [0.25, 0.3) is 5.91 Å². The van der Waals surface area contributed by atoms with Gasteiger partial charge in [-0.2, -0.15) is 0 Å². The number of amides is 1. The van der Waals surface area contributed by atoms with Gasteiger partial charge >= 0.3 is 0 Å². The van der Waals surface area contributed by atoms with Crippen molar-refractivity contribution in [1.29, 1.82) is 0 Å². The first kappa shape index (κ1) is 17.3. The third-order valence-corrected chi connectivity index (χ3v) is 4.76. The van der Waals surface area contributed by atoms with Gasteiger partial charge in [0.1, 0.15) is 0 Å². The van der Waals surface area contributed by atoms with Crippen LogP contribution in [0.3, 0.4) is 0 Å². The lowest BCUT2D eigenvalue weighted by molar-refractivity contribution is 0.0584. The maximum atomic E-state index is 12.5. The molecule has 2 aliphatic rings. The lowest BCUT2D eigenvalue weighted by atomic mass is 10.1. The average Bonchev–Trinajstić information content (AvgIpc) is 3.09. The smallest absolute Gasteiger partial charge is 0.253 e. The summed E-state index contributed by atoms with van der Waals surface area (Å²) in [4.78, 5) is 17.1. The molecule has 0 radical (unpaired) electrons. The van der Waals surface area contributed by atoms with Gasteiger partial charge in [0.15, 0.2) is 0 Å². The molecule has 0 aromatic heterocycles. The molecule has 4 nitrogen and oxygen atoms in total. The molecule has 2 fully saturated rings. The van der Waals surface area contributed by atoms with Crippen molar-refractivity contribution in [1.82, 2.24) is 15.1 Å². The lowest BCUT2D eigenvalue weighted by Crippen LogP contribution is -2.52. The molecule has 0 aliphatic carbocycles. The van der Waals surface area contributed by atoms with E-state index < -0.39 is 0 Å². The summed E-state index contributed by atoms with van der Waals surface area (Å²) in [6, 6.07) is 8.73. The Hall–Kier alpha value is -1.10. The number of aryl methyl sites for hydroxylation is 1. The van der Waals surface area contributed by atoms with Crippen LogP contribution in [-0.2, 0) is 6.42 Å². The molecule has 122 valence electrons. The quantitative estimate of drug-likeness (QED) is 0.921. The Morgan fingerprint density at radius 2 is 1.86 bits per heavy atom. The van der Waals surface area contributed by atoms with E-state index in [4.69, 9.17) is 0 Å². The van der Waals surface area contributed by atoms with E-state index in [0.29, 0.717) is 6.04 Å². The molecular weight excluding hydrogens is 298 g/mol. The fraction of sp³-hybridized carbons (Fsp3) is 0.588. The molecule has 22 heavy (non-hydrogen) atoms. The minimum absolute atomic E-state index is 0. The number of piperazine rings is 1. The molecule has 1 aromatic carbocycles. The molecule has 0 bridgehead atoms. The number of hydrogen-bond acceptors (Lipinski definition) is 3. The minimum atomic E-state index is 0. The van der Waals surface area contributed by atoms with Gasteiger partial charge in [-0.05, 0) is 37.1 Å². The second-order valence-electron chi connectivity index (χ2n) is 6.03. The zero-order valence-corrected chi connectivity index (χ0v) is 14.1. The highest BCUT2D eigenvalue weighted by molar-refractivity contribution is 5.94. The summed E-state index contributed by atoms with van der Waals surface area (Å²) in [6.45, 7) is 8.08. The molecule has 0 spiro atoms. The lowest BCUT2D eigenvalue weighted by Gasteiger charge is -2.37. The number of hydrogen-bond donors (Lipinski definition) is 1. The van der Waals surface area contributed by atoms with Gasteiger partial charge in [0, 0.05) is 44.3 Å². The Balaban J connectivity index is 0.00000176. The predicted octanol–water partition coefficient (Wildman–Crippen LogP) is 1.79. The van der Waals surface area contributed by atoms with Gasteiger partial charge in [-0.15, -0.1) is 12.4 Å². The molecule has 2 aliphatic heterocycles. The zero-order valence-electron chi connectivity index (χ0n) is 13.3. The van der Waals surface area contributed by atoms with Crippen LogP contribution in [0.5, 0.6) is 0 Å². The van der Waals surface area contributed by atoms with Crippen LogP contribution in [0.25, 0.3) is 0 Å². The van der Waals surface area contributed by atoms with Crippen molar-refractivity contribution in [3.8, 4) is 0 Å². The van der Waals surface area contributed by atoms with E-state index in [1.54, 1.807) is 0 Å². The molecular formula is C17H26ClN3O. The zero-order chi connectivity index (χ0) is 14.7. The number of halogens is 1. The van der Waals surface area contributed by atoms with Crippen LogP contribution in [0.4, 0.5) is 0 Å². The molecule has 1 unspecified atom stereocenters. The summed E-state index contributed by atoms with van der Waals surface area (Å²) in [5.41, 5.74) is 2.10. The fourth-order valence-electron chi connectivity index (χ4n) is 3.31. The number of carbonyl (C=O) groups is 1. The second-order valence-corrected chi connectivity index (χ2v) is 6.03. The van der Waals surface area contributed by atoms with Crippen molar-refractivity contribution in [3.63, 3.8) is 0 Å². The number of rotatable bonds is 3. The van der Waals surface area contributed by atoms with Crippen molar-refractivity contribution in [2.24, 2.45) is 0 Å². The van der Waals surface area contributed by atoms with Gasteiger partial charge in [-0.1, -0.05) is 19.1 Å². The number of benzene rings is 1. The van der Waals surface area contributed by atoms with Crippen LogP contribution in [0.15, 0.2) is 24.3 Å². The monoisotopic (exact) mass is 323 g/mol. The van der Waals surface area contributed by atoms with Gasteiger partial charge in [-0.3, -0.25) is 9.69 Å². The summed E-state index contributed by atoms with van der Waals surface area (Å²) in [5.74, 6) is 0.182. The largest absolute Gasteiger partial charge is 0.336 e. The summed E-state index contributed by atoms with van der Waals surface area (Å²) >= 11 is 0. The normalized spacial score (nSPS) is 22.4. The highest BCUT2D eigenvalue weighted by atomic mass is 35.5. The van der Waals surface area contributed by atoms with E-state index in [1.165, 1.54) is 12.0 Å². The third kappa shape index (κ3) is 3.80. The van der Waals surface area contributed by atoms with Gasteiger partial charge < -0.3 is 10.2 Å². The van der Waals surface area contributed by atoms with Crippen LogP contribution < -0.4 is 5.32 Å². The van der Waals surface area contributed by atoms with Crippen molar-refractivity contribution in [2.45, 2.75) is 25.8 Å². The van der Waals surface area contributed by atoms with Crippen molar-refractivity contribution in [3.05, 3.63) is 35.4 Å². The van der Waals surface area contributed by atoms with Gasteiger partial charge in [-0.25, -0.2) is 0 Å². The van der Waals surface area contributed by atoms with Crippen LogP contribution >= 0.6 is 12.4 Å². The van der Waals surface area contributed by atoms with E-state index in [9.17, 15) is 4.79 Å². The molecule has 3 rings (SSSR count). The van der Waals surface area contributed by atoms with E-state index >= 15 is 0 Å². The first-order valence-corrected chi connectivity index (χ1v) is 8.11. The molecule has 1 N–H and O–H groups in total. The van der Waals surface area contributed by atoms with E-state index in [0.717, 1.165) is 51.3 Å². The Morgan fingerprint density at radius 3 is 2.41 bits per heavy atom. The summed E-state index contributed by atoms with van der Waals surface area (Å²) in [5, 5.41) is 3.42. The number of carbonyl (C=O) groups excluding carboxylic acids is 1. The first-order chi connectivity index (χ1) is 10.3. The molecule has 1 aromatic rings. The molecule has 2 saturated heterocycles. The molecule has 2 heterocycles. The highest BCUT2D eigenvalue weighted by Gasteiger charge is 2.27. The molecule has 1 amide bonds. The van der Waals surface area contributed by atoms with Gasteiger partial charge in [0.05, 0.1) is 0 Å². The van der Waals surface area contributed by atoms with E-state index in [1.807, 2.05) is 17.0 Å². The maximum absolute atomic E-state index is 12.5. The SMILES string of the molecule is CCc1ccc(C(=O)N2CCN(C3CCNC3)CC2)cc1.Cl. The molecule has 0 saturated carbocycles. The minimum Gasteiger partial charge on any atom is -0.336 e. The average molecular weight is 324 g/mol. The van der Waals surface area contributed by atoms with Crippen LogP contribution in [-0.4, -0.2) is 61.0 Å². The summed E-state index contributed by atoms with van der Waals surface area (Å²) in [6.07, 6.45) is 2.26. The van der Waals surface area contributed by atoms with Gasteiger partial charge in [0.2, 0.25) is 0 Å². The number of nitrogens with one attached hydrogen (secondary N) is 1. The Kier molecular flexibility index (Phi) is 6.24. The fourth-order valence-corrected chi connectivity index (χ4v) is 3.31. The van der Waals surface area contributed by atoms with E-state index in [2.05, 4.69) is 29.3 Å². The topological polar surface area (TPSA) is 35.6 Å². The molecule has 1 atom stereocenters. The van der Waals surface area contributed by atoms with Crippen molar-refractivity contribution >= 4 is 18.3 Å². The summed E-state index contributed by atoms with van der Waals surface area (Å²) < 4.78 is 0. The highest BCUT2D eigenvalue weighted by Crippen LogP contribution is 2.14. The molecule has 5 heteroatoms. The Morgan fingerprint density at radius 1 is 1.18 bits per heavy atom. The second kappa shape index (κ2) is 7.95. The van der Waals surface area contributed by atoms with E-state index in [-0.39, 0.29) is 18.3 Å². The number of nitrogens with zero attached hydrogens (tertiary/aromatic N) is 2. The van der Waals surface area contributed by atoms with Crippen LogP contribution in [0.2, 0.25) is 0 Å². The predicted molar refractivity (Wildman–Crippen MR) is 91.8 cm³/mol.